The third kappa shape index (κ3) is 3.41. The van der Waals surface area contributed by atoms with E-state index in [4.69, 9.17) is 4.74 Å². The second-order valence-corrected chi connectivity index (χ2v) is 6.69. The molecule has 3 rings (SSSR count). The molecule has 0 bridgehead atoms. The van der Waals surface area contributed by atoms with Crippen molar-refractivity contribution < 1.29 is 14.6 Å². The minimum Gasteiger partial charge on any atom is -0.393 e. The van der Waals surface area contributed by atoms with Crippen LogP contribution in [-0.4, -0.2) is 71.8 Å². The summed E-state index contributed by atoms with van der Waals surface area (Å²) < 4.78 is 5.60. The van der Waals surface area contributed by atoms with E-state index in [0.717, 1.165) is 25.8 Å². The zero-order valence-electron chi connectivity index (χ0n) is 13.0. The first-order valence-electron chi connectivity index (χ1n) is 8.50. The summed E-state index contributed by atoms with van der Waals surface area (Å²) in [5, 5.41) is 10.2. The normalized spacial score (nSPS) is 33.7. The van der Waals surface area contributed by atoms with E-state index >= 15 is 0 Å². The molecule has 0 aromatic rings. The van der Waals surface area contributed by atoms with Crippen molar-refractivity contribution in [2.24, 2.45) is 5.92 Å². The van der Waals surface area contributed by atoms with Crippen LogP contribution in [0.25, 0.3) is 0 Å². The number of aliphatic hydroxyl groups is 1. The first-order chi connectivity index (χ1) is 10.2. The molecule has 1 N–H and O–H groups in total. The van der Waals surface area contributed by atoms with Crippen LogP contribution in [0, 0.1) is 5.92 Å². The van der Waals surface area contributed by atoms with E-state index in [1.807, 2.05) is 4.90 Å². The zero-order chi connectivity index (χ0) is 14.8. The van der Waals surface area contributed by atoms with E-state index < -0.39 is 0 Å². The van der Waals surface area contributed by atoms with Gasteiger partial charge in [-0.25, -0.2) is 0 Å². The molecule has 3 fully saturated rings. The number of likely N-dealkylation sites (N-methyl/N-ethyl adjacent to an activating group) is 1. The molecule has 0 spiro atoms. The van der Waals surface area contributed by atoms with Crippen LogP contribution in [0.3, 0.4) is 0 Å². The van der Waals surface area contributed by atoms with Gasteiger partial charge in [-0.3, -0.25) is 9.69 Å². The van der Waals surface area contributed by atoms with Crippen molar-refractivity contribution in [3.8, 4) is 0 Å². The van der Waals surface area contributed by atoms with Crippen molar-refractivity contribution in [2.45, 2.75) is 57.2 Å². The smallest absolute Gasteiger partial charge is 0.237 e. The Balaban J connectivity index is 1.63. The van der Waals surface area contributed by atoms with E-state index in [-0.39, 0.29) is 24.0 Å². The van der Waals surface area contributed by atoms with Crippen molar-refractivity contribution >= 4 is 5.91 Å². The van der Waals surface area contributed by atoms with Gasteiger partial charge in [-0.05, 0) is 32.2 Å². The van der Waals surface area contributed by atoms with Crippen LogP contribution in [0.4, 0.5) is 0 Å². The van der Waals surface area contributed by atoms with Crippen molar-refractivity contribution in [3.05, 3.63) is 0 Å². The molecule has 2 saturated carbocycles. The lowest BCUT2D eigenvalue weighted by Gasteiger charge is -2.41. The Morgan fingerprint density at radius 1 is 1.33 bits per heavy atom. The topological polar surface area (TPSA) is 53.0 Å². The SMILES string of the molecule is CCN(CC(=O)N1CCOC[C@@H]1[C@@H]1CCC[C@@H]1O)C1CC1. The number of aliphatic hydroxyl groups excluding tert-OH is 1. The van der Waals surface area contributed by atoms with Crippen molar-refractivity contribution in [1.82, 2.24) is 9.80 Å². The molecular weight excluding hydrogens is 268 g/mol. The maximum atomic E-state index is 12.7. The lowest BCUT2D eigenvalue weighted by atomic mass is 9.94. The summed E-state index contributed by atoms with van der Waals surface area (Å²) in [6.45, 7) is 5.49. The number of nitrogens with zero attached hydrogens (tertiary/aromatic N) is 2. The van der Waals surface area contributed by atoms with E-state index in [2.05, 4.69) is 11.8 Å². The van der Waals surface area contributed by atoms with Gasteiger partial charge in [0.05, 0.1) is 31.9 Å². The maximum Gasteiger partial charge on any atom is 0.237 e. The average Bonchev–Trinajstić information content (AvgIpc) is 3.26. The molecule has 3 aliphatic rings. The van der Waals surface area contributed by atoms with Gasteiger partial charge in [0.15, 0.2) is 0 Å². The molecule has 0 radical (unpaired) electrons. The summed E-state index contributed by atoms with van der Waals surface area (Å²) in [6, 6.07) is 0.692. The molecule has 2 aliphatic carbocycles. The predicted molar refractivity (Wildman–Crippen MR) is 79.9 cm³/mol. The summed E-state index contributed by atoms with van der Waals surface area (Å²) in [7, 11) is 0. The highest BCUT2D eigenvalue weighted by molar-refractivity contribution is 5.79. The molecule has 0 aromatic heterocycles. The number of ether oxygens (including phenoxy) is 1. The summed E-state index contributed by atoms with van der Waals surface area (Å²) in [5.74, 6) is 0.418. The molecule has 3 atom stereocenters. The van der Waals surface area contributed by atoms with Crippen LogP contribution >= 0.6 is 0 Å². The Labute approximate surface area is 127 Å². The molecule has 5 nitrogen and oxygen atoms in total. The molecule has 5 heteroatoms. The Bertz CT molecular complexity index is 373. The molecule has 1 aliphatic heterocycles. The van der Waals surface area contributed by atoms with E-state index in [0.29, 0.717) is 32.3 Å². The van der Waals surface area contributed by atoms with Gasteiger partial charge in [-0.15, -0.1) is 0 Å². The molecule has 0 aromatic carbocycles. The highest BCUT2D eigenvalue weighted by atomic mass is 16.5. The number of hydrogen-bond acceptors (Lipinski definition) is 4. The minimum absolute atomic E-state index is 0.0710. The molecule has 120 valence electrons. The summed E-state index contributed by atoms with van der Waals surface area (Å²) in [4.78, 5) is 17.0. The first kappa shape index (κ1) is 15.3. The summed E-state index contributed by atoms with van der Waals surface area (Å²) in [6.07, 6.45) is 5.14. The van der Waals surface area contributed by atoms with Gasteiger partial charge in [0.25, 0.3) is 0 Å². The van der Waals surface area contributed by atoms with E-state index in [1.54, 1.807) is 0 Å². The first-order valence-corrected chi connectivity index (χ1v) is 8.50. The number of carbonyl (C=O) groups excluding carboxylic acids is 1. The van der Waals surface area contributed by atoms with Gasteiger partial charge >= 0.3 is 0 Å². The molecule has 1 amide bonds. The van der Waals surface area contributed by atoms with Gasteiger partial charge in [-0.2, -0.15) is 0 Å². The van der Waals surface area contributed by atoms with E-state index in [9.17, 15) is 9.90 Å². The van der Waals surface area contributed by atoms with Crippen LogP contribution in [-0.2, 0) is 9.53 Å². The number of amides is 1. The van der Waals surface area contributed by atoms with Gasteiger partial charge in [0.1, 0.15) is 0 Å². The van der Waals surface area contributed by atoms with Gasteiger partial charge in [0.2, 0.25) is 5.91 Å². The third-order valence-corrected chi connectivity index (χ3v) is 5.32. The fraction of sp³-hybridized carbons (Fsp3) is 0.938. The fourth-order valence-corrected chi connectivity index (χ4v) is 3.91. The highest BCUT2D eigenvalue weighted by Crippen LogP contribution is 2.32. The van der Waals surface area contributed by atoms with Crippen molar-refractivity contribution in [2.75, 3.05) is 32.8 Å². The largest absolute Gasteiger partial charge is 0.393 e. The fourth-order valence-electron chi connectivity index (χ4n) is 3.91. The number of morpholine rings is 1. The zero-order valence-corrected chi connectivity index (χ0v) is 13.0. The Morgan fingerprint density at radius 3 is 2.76 bits per heavy atom. The van der Waals surface area contributed by atoms with Crippen LogP contribution in [0.2, 0.25) is 0 Å². The number of carbonyl (C=O) groups is 1. The van der Waals surface area contributed by atoms with Gasteiger partial charge in [-0.1, -0.05) is 13.3 Å². The molecular formula is C16H28N2O3. The highest BCUT2D eigenvalue weighted by Gasteiger charge is 2.40. The van der Waals surface area contributed by atoms with Crippen molar-refractivity contribution in [3.63, 3.8) is 0 Å². The summed E-state index contributed by atoms with van der Waals surface area (Å²) >= 11 is 0. The lowest BCUT2D eigenvalue weighted by Crippen LogP contribution is -2.55. The Hall–Kier alpha value is -0.650. The van der Waals surface area contributed by atoms with Gasteiger partial charge < -0.3 is 14.7 Å². The maximum absolute atomic E-state index is 12.7. The molecule has 1 heterocycles. The molecule has 0 unspecified atom stereocenters. The quantitative estimate of drug-likeness (QED) is 0.817. The third-order valence-electron chi connectivity index (χ3n) is 5.32. The number of rotatable bonds is 5. The molecule has 21 heavy (non-hydrogen) atoms. The van der Waals surface area contributed by atoms with Crippen LogP contribution in [0.1, 0.15) is 39.0 Å². The van der Waals surface area contributed by atoms with E-state index in [1.165, 1.54) is 12.8 Å². The van der Waals surface area contributed by atoms with Crippen LogP contribution < -0.4 is 0 Å². The minimum atomic E-state index is -0.266. The second kappa shape index (κ2) is 6.63. The monoisotopic (exact) mass is 296 g/mol. The predicted octanol–water partition coefficient (Wildman–Crippen LogP) is 0.859. The standard InChI is InChI=1S/C16H28N2O3/c1-2-17(12-6-7-12)10-16(20)18-8-9-21-11-14(18)13-4-3-5-15(13)19/h12-15,19H,2-11H2,1H3/t13-,14+,15-/m0/s1. The second-order valence-electron chi connectivity index (χ2n) is 6.69. The number of hydrogen-bond donors (Lipinski definition) is 1. The van der Waals surface area contributed by atoms with Crippen molar-refractivity contribution in [1.29, 1.82) is 0 Å². The lowest BCUT2D eigenvalue weighted by molar-refractivity contribution is -0.145. The Kier molecular flexibility index (Phi) is 4.82. The summed E-state index contributed by atoms with van der Waals surface area (Å²) in [5.41, 5.74) is 0. The Morgan fingerprint density at radius 2 is 2.14 bits per heavy atom. The average molecular weight is 296 g/mol. The van der Waals surface area contributed by atoms with Crippen LogP contribution in [0.5, 0.6) is 0 Å². The molecule has 1 saturated heterocycles. The van der Waals surface area contributed by atoms with Gasteiger partial charge in [0, 0.05) is 18.5 Å². The van der Waals surface area contributed by atoms with Crippen LogP contribution in [0.15, 0.2) is 0 Å².